The number of thioether (sulfide) groups is 1. The number of thiophene rings is 1. The van der Waals surface area contributed by atoms with E-state index in [1.807, 2.05) is 41.8 Å². The third-order valence-electron chi connectivity index (χ3n) is 4.20. The van der Waals surface area contributed by atoms with E-state index in [1.54, 1.807) is 18.2 Å². The number of halogens is 1. The molecule has 2 N–H and O–H groups in total. The molecule has 2 aromatic heterocycles. The molecule has 0 bridgehead atoms. The second-order valence-electron chi connectivity index (χ2n) is 6.23. The van der Waals surface area contributed by atoms with Crippen molar-refractivity contribution < 1.29 is 4.79 Å². The van der Waals surface area contributed by atoms with Crippen molar-refractivity contribution in [3.8, 4) is 11.1 Å². The highest BCUT2D eigenvalue weighted by molar-refractivity contribution is 7.99. The van der Waals surface area contributed by atoms with E-state index < -0.39 is 0 Å². The van der Waals surface area contributed by atoms with Crippen LogP contribution in [-0.4, -0.2) is 21.6 Å². The minimum absolute atomic E-state index is 0.158. The molecule has 2 aromatic carbocycles. The molecule has 0 spiro atoms. The number of aromatic nitrogens is 2. The number of nitrogens with zero attached hydrogens (tertiary/aromatic N) is 1. The Morgan fingerprint density at radius 3 is 2.69 bits per heavy atom. The van der Waals surface area contributed by atoms with Gasteiger partial charge < -0.3 is 10.3 Å². The number of hydrogen-bond donors (Lipinski definition) is 2. The molecular formula is C21H16ClN3O2S2. The Balaban J connectivity index is 1.43. The van der Waals surface area contributed by atoms with E-state index in [9.17, 15) is 9.59 Å². The van der Waals surface area contributed by atoms with E-state index in [-0.39, 0.29) is 17.2 Å². The van der Waals surface area contributed by atoms with Crippen LogP contribution < -0.4 is 10.9 Å². The molecule has 5 nitrogen and oxygen atoms in total. The second kappa shape index (κ2) is 8.82. The third kappa shape index (κ3) is 4.53. The Morgan fingerprint density at radius 2 is 1.90 bits per heavy atom. The van der Waals surface area contributed by atoms with Gasteiger partial charge in [-0.2, -0.15) is 0 Å². The largest absolute Gasteiger partial charge is 0.324 e. The molecule has 29 heavy (non-hydrogen) atoms. The lowest BCUT2D eigenvalue weighted by atomic mass is 10.1. The van der Waals surface area contributed by atoms with Crippen LogP contribution in [0.4, 0.5) is 5.69 Å². The average molecular weight is 442 g/mol. The summed E-state index contributed by atoms with van der Waals surface area (Å²) < 4.78 is 0. The van der Waals surface area contributed by atoms with Crippen LogP contribution in [-0.2, 0) is 10.5 Å². The lowest BCUT2D eigenvalue weighted by Gasteiger charge is -2.06. The SMILES string of the molecule is O=C(CSCc1nc2scc(-c3ccccc3)c2c(=O)[nH]1)Nc1ccccc1Cl. The van der Waals surface area contributed by atoms with Crippen molar-refractivity contribution in [1.29, 1.82) is 0 Å². The maximum Gasteiger partial charge on any atom is 0.260 e. The summed E-state index contributed by atoms with van der Waals surface area (Å²) in [5.74, 6) is 1.06. The molecule has 4 aromatic rings. The number of carbonyl (C=O) groups is 1. The zero-order chi connectivity index (χ0) is 20.2. The molecular weight excluding hydrogens is 426 g/mol. The number of H-pyrrole nitrogens is 1. The number of rotatable bonds is 6. The van der Waals surface area contributed by atoms with Crippen molar-refractivity contribution >= 4 is 56.5 Å². The molecule has 2 heterocycles. The number of carbonyl (C=O) groups excluding carboxylic acids is 1. The van der Waals surface area contributed by atoms with Gasteiger partial charge in [-0.25, -0.2) is 4.98 Å². The molecule has 0 atom stereocenters. The molecule has 4 rings (SSSR count). The van der Waals surface area contributed by atoms with Crippen LogP contribution in [0.15, 0.2) is 64.8 Å². The molecule has 0 fully saturated rings. The summed E-state index contributed by atoms with van der Waals surface area (Å²) >= 11 is 8.87. The predicted octanol–water partition coefficient (Wildman–Crippen LogP) is 5.18. The number of benzene rings is 2. The van der Waals surface area contributed by atoms with Gasteiger partial charge in [-0.3, -0.25) is 9.59 Å². The lowest BCUT2D eigenvalue weighted by Crippen LogP contribution is -2.15. The maximum absolute atomic E-state index is 12.6. The smallest absolute Gasteiger partial charge is 0.260 e. The molecule has 0 aliphatic heterocycles. The van der Waals surface area contributed by atoms with Gasteiger partial charge in [-0.15, -0.1) is 23.1 Å². The van der Waals surface area contributed by atoms with Crippen molar-refractivity contribution in [3.63, 3.8) is 0 Å². The second-order valence-corrected chi connectivity index (χ2v) is 8.48. The third-order valence-corrected chi connectivity index (χ3v) is 6.34. The first-order valence-electron chi connectivity index (χ1n) is 8.80. The molecule has 8 heteroatoms. The minimum Gasteiger partial charge on any atom is -0.324 e. The van der Waals surface area contributed by atoms with Gasteiger partial charge in [0.05, 0.1) is 27.6 Å². The Bertz CT molecular complexity index is 1220. The number of anilines is 1. The fourth-order valence-electron chi connectivity index (χ4n) is 2.88. The van der Waals surface area contributed by atoms with Gasteiger partial charge in [0, 0.05) is 10.9 Å². The van der Waals surface area contributed by atoms with Crippen molar-refractivity contribution in [2.24, 2.45) is 0 Å². The Morgan fingerprint density at radius 1 is 1.14 bits per heavy atom. The fourth-order valence-corrected chi connectivity index (χ4v) is 4.72. The fraction of sp³-hybridized carbons (Fsp3) is 0.0952. The zero-order valence-electron chi connectivity index (χ0n) is 15.1. The van der Waals surface area contributed by atoms with Crippen LogP contribution in [0.3, 0.4) is 0 Å². The van der Waals surface area contributed by atoms with E-state index in [4.69, 9.17) is 11.6 Å². The summed E-state index contributed by atoms with van der Waals surface area (Å²) in [4.78, 5) is 32.9. The molecule has 0 saturated carbocycles. The van der Waals surface area contributed by atoms with Gasteiger partial charge in [0.15, 0.2) is 0 Å². The molecule has 0 aliphatic carbocycles. The first-order chi connectivity index (χ1) is 14.1. The topological polar surface area (TPSA) is 74.8 Å². The summed E-state index contributed by atoms with van der Waals surface area (Å²) in [5.41, 5.74) is 2.30. The predicted molar refractivity (Wildman–Crippen MR) is 122 cm³/mol. The minimum atomic E-state index is -0.161. The van der Waals surface area contributed by atoms with Crippen molar-refractivity contribution in [2.75, 3.05) is 11.1 Å². The van der Waals surface area contributed by atoms with Crippen LogP contribution >= 0.6 is 34.7 Å². The molecule has 0 saturated heterocycles. The highest BCUT2D eigenvalue weighted by atomic mass is 35.5. The number of aromatic amines is 1. The first kappa shape index (κ1) is 19.7. The van der Waals surface area contributed by atoms with Gasteiger partial charge >= 0.3 is 0 Å². The number of nitrogens with one attached hydrogen (secondary N) is 2. The standard InChI is InChI=1S/C21H16ClN3O2S2/c22-15-8-4-5-9-16(15)23-18(26)12-28-11-17-24-20(27)19-14(10-29-21(19)25-17)13-6-2-1-3-7-13/h1-10H,11-12H2,(H,23,26)(H,24,25,27). The highest BCUT2D eigenvalue weighted by Gasteiger charge is 2.13. The molecule has 146 valence electrons. The molecule has 1 amide bonds. The summed E-state index contributed by atoms with van der Waals surface area (Å²) in [6.07, 6.45) is 0. The Labute approximate surface area is 180 Å². The lowest BCUT2D eigenvalue weighted by molar-refractivity contribution is -0.113. The van der Waals surface area contributed by atoms with E-state index in [0.29, 0.717) is 32.5 Å². The van der Waals surface area contributed by atoms with E-state index in [1.165, 1.54) is 23.1 Å². The molecule has 0 unspecified atom stereocenters. The van der Waals surface area contributed by atoms with Crippen LogP contribution in [0.25, 0.3) is 21.3 Å². The Hall–Kier alpha value is -2.61. The van der Waals surface area contributed by atoms with Gasteiger partial charge in [-0.05, 0) is 17.7 Å². The maximum atomic E-state index is 12.6. The molecule has 0 aliphatic rings. The van der Waals surface area contributed by atoms with Crippen LogP contribution in [0, 0.1) is 0 Å². The first-order valence-corrected chi connectivity index (χ1v) is 11.2. The van der Waals surface area contributed by atoms with Gasteiger partial charge in [0.2, 0.25) is 5.91 Å². The van der Waals surface area contributed by atoms with Crippen molar-refractivity contribution in [1.82, 2.24) is 9.97 Å². The number of amides is 1. The number of para-hydroxylation sites is 1. The molecule has 0 radical (unpaired) electrons. The number of fused-ring (bicyclic) bond motifs is 1. The van der Waals surface area contributed by atoms with E-state index >= 15 is 0 Å². The van der Waals surface area contributed by atoms with Crippen LogP contribution in [0.5, 0.6) is 0 Å². The summed E-state index contributed by atoms with van der Waals surface area (Å²) in [6, 6.07) is 16.9. The quantitative estimate of drug-likeness (QED) is 0.432. The summed E-state index contributed by atoms with van der Waals surface area (Å²) in [7, 11) is 0. The van der Waals surface area contributed by atoms with Crippen LogP contribution in [0.2, 0.25) is 5.02 Å². The monoisotopic (exact) mass is 441 g/mol. The average Bonchev–Trinajstić information content (AvgIpc) is 3.15. The van der Waals surface area contributed by atoms with Crippen molar-refractivity contribution in [3.05, 3.63) is 81.2 Å². The van der Waals surface area contributed by atoms with Gasteiger partial charge in [-0.1, -0.05) is 54.1 Å². The van der Waals surface area contributed by atoms with E-state index in [0.717, 1.165) is 11.1 Å². The summed E-state index contributed by atoms with van der Waals surface area (Å²) in [6.45, 7) is 0. The van der Waals surface area contributed by atoms with Crippen molar-refractivity contribution in [2.45, 2.75) is 5.75 Å². The van der Waals surface area contributed by atoms with Gasteiger partial charge in [0.1, 0.15) is 10.7 Å². The number of hydrogen-bond acceptors (Lipinski definition) is 5. The highest BCUT2D eigenvalue weighted by Crippen LogP contribution is 2.30. The van der Waals surface area contributed by atoms with Gasteiger partial charge in [0.25, 0.3) is 5.56 Å². The Kier molecular flexibility index (Phi) is 5.99. The normalized spacial score (nSPS) is 10.9. The van der Waals surface area contributed by atoms with Crippen LogP contribution in [0.1, 0.15) is 5.82 Å². The van der Waals surface area contributed by atoms with E-state index in [2.05, 4.69) is 15.3 Å². The zero-order valence-corrected chi connectivity index (χ0v) is 17.5. The summed E-state index contributed by atoms with van der Waals surface area (Å²) in [5, 5.41) is 5.83.